The van der Waals surface area contributed by atoms with Crippen LogP contribution < -0.4 is 5.32 Å². The molecular formula is C17H28N4OS. The largest absolute Gasteiger partial charge is 0.357 e. The van der Waals surface area contributed by atoms with E-state index in [0.717, 1.165) is 51.4 Å². The van der Waals surface area contributed by atoms with E-state index < -0.39 is 0 Å². The molecule has 1 aromatic heterocycles. The number of fused-ring (bicyclic) bond motifs is 1. The number of amides is 1. The number of nitrogens with one attached hydrogen (secondary N) is 1. The SMILES string of the molecule is CCCCN(C)C(=NCC(=O)N1CCc2sccc2C1)NCC. The van der Waals surface area contributed by atoms with Crippen molar-refractivity contribution in [2.24, 2.45) is 4.99 Å². The van der Waals surface area contributed by atoms with E-state index in [2.05, 4.69) is 33.6 Å². The van der Waals surface area contributed by atoms with Crippen LogP contribution in [0.4, 0.5) is 0 Å². The zero-order valence-corrected chi connectivity index (χ0v) is 15.3. The Balaban J connectivity index is 1.92. The third-order valence-electron chi connectivity index (χ3n) is 4.07. The van der Waals surface area contributed by atoms with Crippen LogP contribution in [0.5, 0.6) is 0 Å². The Bertz CT molecular complexity index is 540. The highest BCUT2D eigenvalue weighted by atomic mass is 32.1. The molecule has 1 aromatic rings. The van der Waals surface area contributed by atoms with Gasteiger partial charge < -0.3 is 15.1 Å². The van der Waals surface area contributed by atoms with Crippen molar-refractivity contribution in [3.05, 3.63) is 21.9 Å². The van der Waals surface area contributed by atoms with E-state index in [4.69, 9.17) is 0 Å². The Labute approximate surface area is 143 Å². The number of hydrogen-bond donors (Lipinski definition) is 1. The summed E-state index contributed by atoms with van der Waals surface area (Å²) in [6.07, 6.45) is 3.25. The van der Waals surface area contributed by atoms with Crippen LogP contribution in [0.25, 0.3) is 0 Å². The Morgan fingerprint density at radius 3 is 3.04 bits per heavy atom. The fraction of sp³-hybridized carbons (Fsp3) is 0.647. The minimum absolute atomic E-state index is 0.112. The van der Waals surface area contributed by atoms with Gasteiger partial charge in [0.2, 0.25) is 5.91 Å². The molecule has 0 spiro atoms. The van der Waals surface area contributed by atoms with Crippen LogP contribution in [0.2, 0.25) is 0 Å². The number of carbonyl (C=O) groups is 1. The van der Waals surface area contributed by atoms with Crippen LogP contribution in [-0.2, 0) is 17.8 Å². The van der Waals surface area contributed by atoms with Crippen molar-refractivity contribution in [2.45, 2.75) is 39.7 Å². The van der Waals surface area contributed by atoms with Gasteiger partial charge in [-0.05, 0) is 36.8 Å². The van der Waals surface area contributed by atoms with Crippen molar-refractivity contribution in [2.75, 3.05) is 33.2 Å². The molecule has 0 radical (unpaired) electrons. The van der Waals surface area contributed by atoms with Gasteiger partial charge in [-0.3, -0.25) is 4.79 Å². The Morgan fingerprint density at radius 1 is 1.48 bits per heavy atom. The molecule has 0 saturated heterocycles. The average molecular weight is 337 g/mol. The van der Waals surface area contributed by atoms with Crippen LogP contribution in [0.15, 0.2) is 16.4 Å². The lowest BCUT2D eigenvalue weighted by Crippen LogP contribution is -2.41. The van der Waals surface area contributed by atoms with E-state index in [1.165, 1.54) is 10.4 Å². The predicted octanol–water partition coefficient (Wildman–Crippen LogP) is 2.33. The van der Waals surface area contributed by atoms with Crippen molar-refractivity contribution in [3.8, 4) is 0 Å². The van der Waals surface area contributed by atoms with Gasteiger partial charge in [0.15, 0.2) is 5.96 Å². The van der Waals surface area contributed by atoms with Crippen LogP contribution in [0.1, 0.15) is 37.1 Å². The summed E-state index contributed by atoms with van der Waals surface area (Å²) >= 11 is 1.79. The Hall–Kier alpha value is -1.56. The first-order chi connectivity index (χ1) is 11.2. The van der Waals surface area contributed by atoms with Gasteiger partial charge in [-0.15, -0.1) is 11.3 Å². The first-order valence-corrected chi connectivity index (χ1v) is 9.36. The molecular weight excluding hydrogens is 308 g/mol. The number of aliphatic imine (C=N–C) groups is 1. The smallest absolute Gasteiger partial charge is 0.244 e. The van der Waals surface area contributed by atoms with E-state index in [-0.39, 0.29) is 12.5 Å². The van der Waals surface area contributed by atoms with Crippen molar-refractivity contribution in [3.63, 3.8) is 0 Å². The van der Waals surface area contributed by atoms with Gasteiger partial charge >= 0.3 is 0 Å². The number of unbranched alkanes of at least 4 members (excludes halogenated alkanes) is 1. The minimum Gasteiger partial charge on any atom is -0.357 e. The molecule has 128 valence electrons. The quantitative estimate of drug-likeness (QED) is 0.641. The zero-order valence-electron chi connectivity index (χ0n) is 14.5. The van der Waals surface area contributed by atoms with Crippen molar-refractivity contribution in [1.29, 1.82) is 0 Å². The molecule has 0 saturated carbocycles. The normalized spacial score (nSPS) is 14.6. The molecule has 0 unspecified atom stereocenters. The highest BCUT2D eigenvalue weighted by molar-refractivity contribution is 7.10. The predicted molar refractivity (Wildman–Crippen MR) is 97.0 cm³/mol. The van der Waals surface area contributed by atoms with E-state index >= 15 is 0 Å². The Morgan fingerprint density at radius 2 is 2.30 bits per heavy atom. The van der Waals surface area contributed by atoms with Gasteiger partial charge in [0.05, 0.1) is 0 Å². The summed E-state index contributed by atoms with van der Waals surface area (Å²) < 4.78 is 0. The number of carbonyl (C=O) groups excluding carboxylic acids is 1. The van der Waals surface area contributed by atoms with Crippen molar-refractivity contribution in [1.82, 2.24) is 15.1 Å². The highest BCUT2D eigenvalue weighted by Crippen LogP contribution is 2.23. The van der Waals surface area contributed by atoms with Gasteiger partial charge in [0.25, 0.3) is 0 Å². The molecule has 2 heterocycles. The van der Waals surface area contributed by atoms with Crippen LogP contribution in [0, 0.1) is 0 Å². The van der Waals surface area contributed by atoms with E-state index in [1.807, 2.05) is 18.9 Å². The first kappa shape index (κ1) is 17.8. The topological polar surface area (TPSA) is 47.9 Å². The van der Waals surface area contributed by atoms with Gasteiger partial charge in [0, 0.05) is 38.1 Å². The Kier molecular flexibility index (Phi) is 6.89. The molecule has 0 fully saturated rings. The lowest BCUT2D eigenvalue weighted by molar-refractivity contribution is -0.130. The monoisotopic (exact) mass is 336 g/mol. The number of hydrogen-bond acceptors (Lipinski definition) is 3. The summed E-state index contributed by atoms with van der Waals surface area (Å²) in [5, 5.41) is 5.38. The summed E-state index contributed by atoms with van der Waals surface area (Å²) in [5.41, 5.74) is 1.30. The second kappa shape index (κ2) is 8.91. The lowest BCUT2D eigenvalue weighted by atomic mass is 10.1. The van der Waals surface area contributed by atoms with Gasteiger partial charge in [-0.2, -0.15) is 0 Å². The van der Waals surface area contributed by atoms with E-state index in [0.29, 0.717) is 0 Å². The maximum absolute atomic E-state index is 12.5. The molecule has 0 aromatic carbocycles. The molecule has 5 nitrogen and oxygen atoms in total. The molecule has 2 rings (SSSR count). The molecule has 0 aliphatic carbocycles. The summed E-state index contributed by atoms with van der Waals surface area (Å²) in [5.74, 6) is 0.934. The third-order valence-corrected chi connectivity index (χ3v) is 5.09. The van der Waals surface area contributed by atoms with Gasteiger partial charge in [0.1, 0.15) is 6.54 Å². The van der Waals surface area contributed by atoms with Crippen LogP contribution >= 0.6 is 11.3 Å². The van der Waals surface area contributed by atoms with Crippen molar-refractivity contribution < 1.29 is 4.79 Å². The molecule has 1 aliphatic rings. The van der Waals surface area contributed by atoms with Crippen LogP contribution in [0.3, 0.4) is 0 Å². The van der Waals surface area contributed by atoms with Crippen molar-refractivity contribution >= 4 is 23.2 Å². The maximum Gasteiger partial charge on any atom is 0.244 e. The third kappa shape index (κ3) is 4.96. The second-order valence-corrected chi connectivity index (χ2v) is 6.88. The number of guanidine groups is 1. The maximum atomic E-state index is 12.5. The first-order valence-electron chi connectivity index (χ1n) is 8.48. The molecule has 6 heteroatoms. The van der Waals surface area contributed by atoms with E-state index in [1.54, 1.807) is 11.3 Å². The minimum atomic E-state index is 0.112. The molecule has 1 amide bonds. The number of thiophene rings is 1. The van der Waals surface area contributed by atoms with Crippen LogP contribution in [-0.4, -0.2) is 54.9 Å². The summed E-state index contributed by atoms with van der Waals surface area (Å²) in [6, 6.07) is 2.13. The fourth-order valence-electron chi connectivity index (χ4n) is 2.67. The zero-order chi connectivity index (χ0) is 16.7. The summed E-state index contributed by atoms with van der Waals surface area (Å²) in [7, 11) is 2.03. The van der Waals surface area contributed by atoms with E-state index in [9.17, 15) is 4.79 Å². The summed E-state index contributed by atoms with van der Waals surface area (Å²) in [4.78, 5) is 22.4. The number of nitrogens with zero attached hydrogens (tertiary/aromatic N) is 3. The lowest BCUT2D eigenvalue weighted by Gasteiger charge is -2.27. The number of rotatable bonds is 6. The average Bonchev–Trinajstić information content (AvgIpc) is 3.03. The standard InChI is InChI=1S/C17H28N4OS/c1-4-6-9-20(3)17(18-5-2)19-12-16(22)21-10-7-15-14(13-21)8-11-23-15/h8,11H,4-7,9-10,12-13H2,1-3H3,(H,18,19). The highest BCUT2D eigenvalue weighted by Gasteiger charge is 2.21. The summed E-state index contributed by atoms with van der Waals surface area (Å²) in [6.45, 7) is 7.76. The molecule has 0 atom stereocenters. The molecule has 0 bridgehead atoms. The molecule has 1 aliphatic heterocycles. The van der Waals surface area contributed by atoms with Gasteiger partial charge in [-0.25, -0.2) is 4.99 Å². The molecule has 1 N–H and O–H groups in total. The van der Waals surface area contributed by atoms with Gasteiger partial charge in [-0.1, -0.05) is 13.3 Å². The fourth-order valence-corrected chi connectivity index (χ4v) is 3.56. The molecule has 23 heavy (non-hydrogen) atoms. The second-order valence-electron chi connectivity index (χ2n) is 5.88.